The Morgan fingerprint density at radius 2 is 1.51 bits per heavy atom. The summed E-state index contributed by atoms with van der Waals surface area (Å²) in [5.74, 6) is -0.666. The summed E-state index contributed by atoms with van der Waals surface area (Å²) in [5, 5.41) is 0. The molecule has 2 aliphatic heterocycles. The van der Waals surface area contributed by atoms with Crippen molar-refractivity contribution < 1.29 is 19.1 Å². The van der Waals surface area contributed by atoms with Crippen LogP contribution in [-0.2, 0) is 14.3 Å². The summed E-state index contributed by atoms with van der Waals surface area (Å²) in [4.78, 5) is 53.2. The van der Waals surface area contributed by atoms with Crippen LogP contribution < -0.4 is 4.90 Å². The molecule has 182 valence electrons. The van der Waals surface area contributed by atoms with Gasteiger partial charge in [-0.1, -0.05) is 30.4 Å². The van der Waals surface area contributed by atoms with Crippen LogP contribution in [0.25, 0.3) is 0 Å². The van der Waals surface area contributed by atoms with E-state index in [1.165, 1.54) is 4.90 Å². The molecule has 1 unspecified atom stereocenters. The van der Waals surface area contributed by atoms with Gasteiger partial charge in [0.25, 0.3) is 0 Å². The van der Waals surface area contributed by atoms with E-state index < -0.39 is 12.1 Å². The van der Waals surface area contributed by atoms with Crippen LogP contribution in [0.1, 0.15) is 23.2 Å². The lowest BCUT2D eigenvalue weighted by atomic mass is 9.85. The molecule has 2 aromatic rings. The van der Waals surface area contributed by atoms with Gasteiger partial charge in [-0.25, -0.2) is 14.8 Å². The first-order valence-corrected chi connectivity index (χ1v) is 12.1. The van der Waals surface area contributed by atoms with Crippen LogP contribution in [0.2, 0.25) is 0 Å². The van der Waals surface area contributed by atoms with Gasteiger partial charge < -0.3 is 9.64 Å². The number of allylic oxidation sites excluding steroid dienone is 2. The van der Waals surface area contributed by atoms with Crippen LogP contribution in [-0.4, -0.2) is 82.9 Å². The number of benzene rings is 1. The minimum atomic E-state index is -0.622. The molecule has 3 atom stereocenters. The molecular weight excluding hydrogens is 446 g/mol. The van der Waals surface area contributed by atoms with Crippen molar-refractivity contribution in [2.24, 2.45) is 11.8 Å². The molecule has 1 aromatic heterocycles. The Bertz CT molecular complexity index is 1060. The summed E-state index contributed by atoms with van der Waals surface area (Å²) in [6.45, 7) is 3.45. The monoisotopic (exact) mass is 475 g/mol. The van der Waals surface area contributed by atoms with E-state index in [4.69, 9.17) is 4.74 Å². The van der Waals surface area contributed by atoms with Crippen LogP contribution in [0, 0.1) is 11.8 Å². The smallest absolute Gasteiger partial charge is 0.338 e. The first-order chi connectivity index (χ1) is 17.1. The van der Waals surface area contributed by atoms with E-state index in [0.717, 1.165) is 26.2 Å². The Morgan fingerprint density at radius 3 is 2.14 bits per heavy atom. The predicted molar refractivity (Wildman–Crippen MR) is 128 cm³/mol. The predicted octanol–water partition coefficient (Wildman–Crippen LogP) is 1.78. The second-order valence-electron chi connectivity index (χ2n) is 9.17. The molecule has 3 heterocycles. The molecule has 9 heteroatoms. The van der Waals surface area contributed by atoms with Gasteiger partial charge >= 0.3 is 5.97 Å². The third kappa shape index (κ3) is 5.09. The Kier molecular flexibility index (Phi) is 6.85. The molecule has 9 nitrogen and oxygen atoms in total. The molecule has 0 spiro atoms. The van der Waals surface area contributed by atoms with Crippen LogP contribution in [0.4, 0.5) is 5.95 Å². The van der Waals surface area contributed by atoms with Crippen molar-refractivity contribution in [3.05, 3.63) is 66.5 Å². The molecule has 0 N–H and O–H groups in total. The standard InChI is InChI=1S/C26H29N5O4/c32-23-21-9-4-5-10-22(21)24(33)31(23)18-20(35-25(34)19-7-2-1-3-8-19)17-29-13-15-30(16-14-29)26-27-11-6-12-28-26/h1-8,11-12,20-22H,9-10,13-18H2/t20?,21-,22+. The molecule has 3 aliphatic rings. The number of piperazine rings is 1. The van der Waals surface area contributed by atoms with E-state index in [1.807, 2.05) is 18.2 Å². The van der Waals surface area contributed by atoms with Crippen LogP contribution in [0.5, 0.6) is 0 Å². The topological polar surface area (TPSA) is 95.9 Å². The zero-order chi connectivity index (χ0) is 24.2. The van der Waals surface area contributed by atoms with Gasteiger partial charge in [0.05, 0.1) is 23.9 Å². The molecule has 2 fully saturated rings. The fourth-order valence-corrected chi connectivity index (χ4v) is 5.05. The number of fused-ring (bicyclic) bond motifs is 1. The summed E-state index contributed by atoms with van der Waals surface area (Å²) in [7, 11) is 0. The molecule has 1 aromatic carbocycles. The number of aromatic nitrogens is 2. The molecule has 35 heavy (non-hydrogen) atoms. The number of amides is 2. The number of likely N-dealkylation sites (tertiary alicyclic amines) is 1. The average molecular weight is 476 g/mol. The quantitative estimate of drug-likeness (QED) is 0.340. The lowest BCUT2D eigenvalue weighted by molar-refractivity contribution is -0.141. The van der Waals surface area contributed by atoms with Gasteiger partial charge in [0.1, 0.15) is 6.10 Å². The van der Waals surface area contributed by atoms with Crippen molar-refractivity contribution in [1.82, 2.24) is 19.8 Å². The Labute approximate surface area is 204 Å². The number of hydrogen-bond donors (Lipinski definition) is 0. The highest BCUT2D eigenvalue weighted by Crippen LogP contribution is 2.35. The number of nitrogens with zero attached hydrogens (tertiary/aromatic N) is 5. The largest absolute Gasteiger partial charge is 0.455 e. The Hall–Kier alpha value is -3.59. The molecule has 0 saturated carbocycles. The van der Waals surface area contributed by atoms with Crippen molar-refractivity contribution in [3.8, 4) is 0 Å². The van der Waals surface area contributed by atoms with Gasteiger partial charge in [0, 0.05) is 45.1 Å². The first kappa shape index (κ1) is 23.2. The zero-order valence-corrected chi connectivity index (χ0v) is 19.5. The third-order valence-corrected chi connectivity index (χ3v) is 6.94. The molecular formula is C26H29N5O4. The first-order valence-electron chi connectivity index (χ1n) is 12.1. The van der Waals surface area contributed by atoms with Gasteiger partial charge in [0.2, 0.25) is 17.8 Å². The van der Waals surface area contributed by atoms with Gasteiger partial charge in [0.15, 0.2) is 0 Å². The highest BCUT2D eigenvalue weighted by atomic mass is 16.5. The second kappa shape index (κ2) is 10.4. The molecule has 2 saturated heterocycles. The fourth-order valence-electron chi connectivity index (χ4n) is 5.05. The minimum Gasteiger partial charge on any atom is -0.455 e. The van der Waals surface area contributed by atoms with Crippen LogP contribution >= 0.6 is 0 Å². The SMILES string of the molecule is O=C(OC(CN1CCN(c2ncccn2)CC1)CN1C(=O)[C@H]2CC=CC[C@H]2C1=O)c1ccccc1. The third-order valence-electron chi connectivity index (χ3n) is 6.94. The summed E-state index contributed by atoms with van der Waals surface area (Å²) in [6.07, 6.45) is 7.95. The van der Waals surface area contributed by atoms with E-state index >= 15 is 0 Å². The van der Waals surface area contributed by atoms with E-state index in [9.17, 15) is 14.4 Å². The highest BCUT2D eigenvalue weighted by Gasteiger charge is 2.48. The number of imide groups is 1. The van der Waals surface area contributed by atoms with Crippen molar-refractivity contribution in [1.29, 1.82) is 0 Å². The Balaban J connectivity index is 1.27. The summed E-state index contributed by atoms with van der Waals surface area (Å²) in [6, 6.07) is 10.6. The molecule has 5 rings (SSSR count). The maximum absolute atomic E-state index is 13.0. The summed E-state index contributed by atoms with van der Waals surface area (Å²) < 4.78 is 5.88. The van der Waals surface area contributed by atoms with E-state index in [0.29, 0.717) is 30.9 Å². The Morgan fingerprint density at radius 1 is 0.886 bits per heavy atom. The van der Waals surface area contributed by atoms with Gasteiger partial charge in [-0.2, -0.15) is 0 Å². The van der Waals surface area contributed by atoms with Crippen LogP contribution in [0.3, 0.4) is 0 Å². The minimum absolute atomic E-state index is 0.0747. The number of carbonyl (C=O) groups excluding carboxylic acids is 3. The number of rotatable bonds is 7. The van der Waals surface area contributed by atoms with Crippen molar-refractivity contribution in [2.75, 3.05) is 44.2 Å². The van der Waals surface area contributed by atoms with Crippen molar-refractivity contribution in [2.45, 2.75) is 18.9 Å². The lowest BCUT2D eigenvalue weighted by Gasteiger charge is -2.36. The van der Waals surface area contributed by atoms with E-state index in [2.05, 4.69) is 19.8 Å². The number of esters is 1. The van der Waals surface area contributed by atoms with Crippen molar-refractivity contribution in [3.63, 3.8) is 0 Å². The van der Waals surface area contributed by atoms with Gasteiger partial charge in [-0.3, -0.25) is 19.4 Å². The zero-order valence-electron chi connectivity index (χ0n) is 19.5. The molecule has 2 amide bonds. The molecule has 0 bridgehead atoms. The normalized spacial score (nSPS) is 23.3. The average Bonchev–Trinajstić information content (AvgIpc) is 3.15. The lowest BCUT2D eigenvalue weighted by Crippen LogP contribution is -2.51. The fraction of sp³-hybridized carbons (Fsp3) is 0.423. The number of anilines is 1. The van der Waals surface area contributed by atoms with Crippen LogP contribution in [0.15, 0.2) is 60.9 Å². The highest BCUT2D eigenvalue weighted by molar-refractivity contribution is 6.05. The van der Waals surface area contributed by atoms with Gasteiger partial charge in [-0.15, -0.1) is 0 Å². The van der Waals surface area contributed by atoms with Gasteiger partial charge in [-0.05, 0) is 31.0 Å². The van der Waals surface area contributed by atoms with E-state index in [1.54, 1.807) is 42.7 Å². The molecule has 0 radical (unpaired) electrons. The molecule has 1 aliphatic carbocycles. The maximum Gasteiger partial charge on any atom is 0.338 e. The maximum atomic E-state index is 13.0. The summed E-state index contributed by atoms with van der Waals surface area (Å²) >= 11 is 0. The summed E-state index contributed by atoms with van der Waals surface area (Å²) in [5.41, 5.74) is 0.445. The van der Waals surface area contributed by atoms with E-state index in [-0.39, 0.29) is 30.2 Å². The second-order valence-corrected chi connectivity index (χ2v) is 9.17. The number of hydrogen-bond acceptors (Lipinski definition) is 8. The van der Waals surface area contributed by atoms with Crippen molar-refractivity contribution >= 4 is 23.7 Å². The number of ether oxygens (including phenoxy) is 1. The number of carbonyl (C=O) groups is 3.